The van der Waals surface area contributed by atoms with E-state index >= 15 is 0 Å². The molecule has 7 heteroatoms. The van der Waals surface area contributed by atoms with Gasteiger partial charge in [-0.05, 0) is 44.2 Å². The molecule has 0 atom stereocenters. The number of methoxy groups -OCH3 is 2. The predicted octanol–water partition coefficient (Wildman–Crippen LogP) is 5.19. The fraction of sp³-hybridized carbons (Fsp3) is 0.238. The highest BCUT2D eigenvalue weighted by atomic mass is 79.9. The van der Waals surface area contributed by atoms with Crippen LogP contribution >= 0.6 is 27.3 Å². The highest BCUT2D eigenvalue weighted by Crippen LogP contribution is 2.24. The highest BCUT2D eigenvalue weighted by molar-refractivity contribution is 9.10. The van der Waals surface area contributed by atoms with Gasteiger partial charge in [0.1, 0.15) is 11.5 Å². The molecule has 3 aromatic rings. The second-order valence-corrected chi connectivity index (χ2v) is 8.05. The van der Waals surface area contributed by atoms with Crippen LogP contribution in [0.1, 0.15) is 19.4 Å². The van der Waals surface area contributed by atoms with E-state index in [0.717, 1.165) is 37.6 Å². The molecule has 146 valence electrons. The maximum atomic E-state index is 5.46. The summed E-state index contributed by atoms with van der Waals surface area (Å²) in [7, 11) is 3.28. The van der Waals surface area contributed by atoms with E-state index in [4.69, 9.17) is 19.6 Å². The van der Waals surface area contributed by atoms with Crippen LogP contribution in [0.5, 0.6) is 11.5 Å². The van der Waals surface area contributed by atoms with Gasteiger partial charge in [-0.2, -0.15) is 5.10 Å². The van der Waals surface area contributed by atoms with Crippen molar-refractivity contribution in [2.45, 2.75) is 19.9 Å². The van der Waals surface area contributed by atoms with E-state index in [9.17, 15) is 0 Å². The van der Waals surface area contributed by atoms with Gasteiger partial charge < -0.3 is 9.47 Å². The van der Waals surface area contributed by atoms with Crippen LogP contribution in [-0.2, 0) is 0 Å². The third-order valence-corrected chi connectivity index (χ3v) is 5.30. The van der Waals surface area contributed by atoms with Crippen LogP contribution in [0.3, 0.4) is 0 Å². The molecule has 0 fully saturated rings. The van der Waals surface area contributed by atoms with Crippen LogP contribution in [0, 0.1) is 0 Å². The van der Waals surface area contributed by atoms with Gasteiger partial charge in [0.15, 0.2) is 0 Å². The van der Waals surface area contributed by atoms with Crippen LogP contribution in [0.2, 0.25) is 0 Å². The Bertz CT molecular complexity index is 1040. The minimum atomic E-state index is 0.171. The van der Waals surface area contributed by atoms with Crippen molar-refractivity contribution in [3.63, 3.8) is 0 Å². The van der Waals surface area contributed by atoms with Gasteiger partial charge in [-0.25, -0.2) is 4.68 Å². The number of aromatic nitrogens is 1. The van der Waals surface area contributed by atoms with Crippen LogP contribution in [-0.4, -0.2) is 31.2 Å². The third-order valence-electron chi connectivity index (χ3n) is 3.94. The lowest BCUT2D eigenvalue weighted by molar-refractivity contribution is 0.402. The molecule has 5 nitrogen and oxygen atoms in total. The van der Waals surface area contributed by atoms with Gasteiger partial charge in [0, 0.05) is 27.0 Å². The van der Waals surface area contributed by atoms with Crippen LogP contribution in [0.25, 0.3) is 11.3 Å². The summed E-state index contributed by atoms with van der Waals surface area (Å²) in [6.07, 6.45) is 1.77. The van der Waals surface area contributed by atoms with Gasteiger partial charge in [-0.3, -0.25) is 4.99 Å². The van der Waals surface area contributed by atoms with E-state index in [0.29, 0.717) is 0 Å². The Hall–Kier alpha value is -2.38. The topological polar surface area (TPSA) is 48.1 Å². The molecular formula is C21H22BrN3O2S. The number of nitrogens with zero attached hydrogens (tertiary/aromatic N) is 3. The van der Waals surface area contributed by atoms with Gasteiger partial charge in [0.25, 0.3) is 0 Å². The van der Waals surface area contributed by atoms with Crippen molar-refractivity contribution in [2.24, 2.45) is 10.1 Å². The van der Waals surface area contributed by atoms with E-state index in [1.54, 1.807) is 31.8 Å². The zero-order valence-corrected chi connectivity index (χ0v) is 18.6. The number of hydrogen-bond acceptors (Lipinski definition) is 5. The summed E-state index contributed by atoms with van der Waals surface area (Å²) in [5, 5.41) is 6.81. The molecule has 0 bridgehead atoms. The minimum absolute atomic E-state index is 0.171. The third kappa shape index (κ3) is 4.72. The molecule has 28 heavy (non-hydrogen) atoms. The van der Waals surface area contributed by atoms with E-state index in [1.807, 2.05) is 35.0 Å². The van der Waals surface area contributed by atoms with Crippen LogP contribution in [0.15, 0.2) is 62.4 Å². The summed E-state index contributed by atoms with van der Waals surface area (Å²) in [5.74, 6) is 1.48. The Labute approximate surface area is 177 Å². The first-order chi connectivity index (χ1) is 13.5. The van der Waals surface area contributed by atoms with E-state index in [2.05, 4.69) is 47.3 Å². The van der Waals surface area contributed by atoms with Crippen molar-refractivity contribution >= 4 is 33.5 Å². The lowest BCUT2D eigenvalue weighted by atomic mass is 10.2. The molecule has 0 aliphatic carbocycles. The van der Waals surface area contributed by atoms with Crippen molar-refractivity contribution in [2.75, 3.05) is 14.2 Å². The zero-order valence-electron chi connectivity index (χ0n) is 16.2. The standard InChI is InChI=1S/C21H22BrN3O2S/c1-14(2)24-21-25(19(13-28-21)15-5-7-17(22)8-6-15)23-12-16-11-18(26-3)9-10-20(16)27-4/h5-14H,1-4H3. The summed E-state index contributed by atoms with van der Waals surface area (Å²) >= 11 is 5.06. The van der Waals surface area contributed by atoms with Gasteiger partial charge in [0.2, 0.25) is 4.80 Å². The minimum Gasteiger partial charge on any atom is -0.497 e. The van der Waals surface area contributed by atoms with Crippen LogP contribution < -0.4 is 14.3 Å². The number of hydrogen-bond donors (Lipinski definition) is 0. The summed E-state index contributed by atoms with van der Waals surface area (Å²) < 4.78 is 13.7. The molecule has 0 aliphatic rings. The number of ether oxygens (including phenoxy) is 2. The summed E-state index contributed by atoms with van der Waals surface area (Å²) in [4.78, 5) is 5.55. The Morgan fingerprint density at radius 3 is 2.46 bits per heavy atom. The first-order valence-corrected chi connectivity index (χ1v) is 10.5. The molecule has 1 heterocycles. The lowest BCUT2D eigenvalue weighted by Gasteiger charge is -2.08. The van der Waals surface area contributed by atoms with Crippen molar-refractivity contribution in [3.8, 4) is 22.8 Å². The molecule has 3 rings (SSSR count). The quantitative estimate of drug-likeness (QED) is 0.476. The van der Waals surface area contributed by atoms with Gasteiger partial charge >= 0.3 is 0 Å². The second kappa shape index (κ2) is 9.21. The fourth-order valence-corrected chi connectivity index (χ4v) is 3.83. The average Bonchev–Trinajstić information content (AvgIpc) is 3.08. The predicted molar refractivity (Wildman–Crippen MR) is 119 cm³/mol. The molecule has 0 aliphatic heterocycles. The second-order valence-electron chi connectivity index (χ2n) is 6.30. The van der Waals surface area contributed by atoms with E-state index in [1.165, 1.54) is 0 Å². The molecular weight excluding hydrogens is 438 g/mol. The number of benzene rings is 2. The van der Waals surface area contributed by atoms with Crippen molar-refractivity contribution in [1.82, 2.24) is 4.68 Å². The largest absolute Gasteiger partial charge is 0.497 e. The first-order valence-electron chi connectivity index (χ1n) is 8.78. The molecule has 0 spiro atoms. The summed E-state index contributed by atoms with van der Waals surface area (Å²) in [6.45, 7) is 4.11. The molecule has 0 radical (unpaired) electrons. The normalized spacial score (nSPS) is 12.1. The molecule has 0 amide bonds. The Kier molecular flexibility index (Phi) is 6.70. The summed E-state index contributed by atoms with van der Waals surface area (Å²) in [5.41, 5.74) is 2.88. The lowest BCUT2D eigenvalue weighted by Crippen LogP contribution is -2.14. The number of rotatable bonds is 6. The maximum Gasteiger partial charge on any atom is 0.206 e. The Balaban J connectivity index is 2.11. The molecule has 0 unspecified atom stereocenters. The average molecular weight is 460 g/mol. The summed E-state index contributed by atoms with van der Waals surface area (Å²) in [6, 6.07) is 14.0. The van der Waals surface area contributed by atoms with Crippen LogP contribution in [0.4, 0.5) is 0 Å². The van der Waals surface area contributed by atoms with Crippen molar-refractivity contribution < 1.29 is 9.47 Å². The molecule has 2 aromatic carbocycles. The van der Waals surface area contributed by atoms with Gasteiger partial charge in [-0.1, -0.05) is 28.1 Å². The van der Waals surface area contributed by atoms with Crippen molar-refractivity contribution in [1.29, 1.82) is 0 Å². The molecule has 0 N–H and O–H groups in total. The molecule has 0 saturated carbocycles. The fourth-order valence-electron chi connectivity index (χ4n) is 2.60. The first kappa shape index (κ1) is 20.4. The Morgan fingerprint density at radius 2 is 1.82 bits per heavy atom. The SMILES string of the molecule is COc1ccc(OC)c(C=Nn2c(-c3ccc(Br)cc3)csc2=NC(C)C)c1. The highest BCUT2D eigenvalue weighted by Gasteiger charge is 2.09. The van der Waals surface area contributed by atoms with Gasteiger partial charge in [-0.15, -0.1) is 11.3 Å². The van der Waals surface area contributed by atoms with E-state index in [-0.39, 0.29) is 6.04 Å². The monoisotopic (exact) mass is 459 g/mol. The van der Waals surface area contributed by atoms with Crippen molar-refractivity contribution in [3.05, 3.63) is 62.7 Å². The van der Waals surface area contributed by atoms with E-state index < -0.39 is 0 Å². The Morgan fingerprint density at radius 1 is 1.07 bits per heavy atom. The molecule has 0 saturated heterocycles. The number of thiazole rings is 1. The molecule has 1 aromatic heterocycles. The smallest absolute Gasteiger partial charge is 0.206 e. The maximum absolute atomic E-state index is 5.46. The number of halogens is 1. The zero-order chi connectivity index (χ0) is 20.1. The van der Waals surface area contributed by atoms with Gasteiger partial charge in [0.05, 0.1) is 26.1 Å².